The van der Waals surface area contributed by atoms with Crippen LogP contribution in [0.15, 0.2) is 18.2 Å². The Balaban J connectivity index is 1.92. The molecule has 7 heteroatoms. The van der Waals surface area contributed by atoms with Crippen LogP contribution in [0.3, 0.4) is 0 Å². The molecule has 1 atom stereocenters. The molecule has 5 nitrogen and oxygen atoms in total. The summed E-state index contributed by atoms with van der Waals surface area (Å²) in [6, 6.07) is 4.97. The van der Waals surface area contributed by atoms with Crippen LogP contribution in [0.4, 0.5) is 5.69 Å². The number of rotatable bonds is 4. The van der Waals surface area contributed by atoms with Crippen LogP contribution in [0.2, 0.25) is 5.02 Å². The van der Waals surface area contributed by atoms with E-state index in [9.17, 15) is 4.79 Å². The Hall–Kier alpha value is -1.37. The number of ether oxygens (including phenoxy) is 2. The van der Waals surface area contributed by atoms with Crippen LogP contribution in [0.5, 0.6) is 0 Å². The Kier molecular flexibility index (Phi) is 5.78. The van der Waals surface area contributed by atoms with Crippen LogP contribution < -0.4 is 10.6 Å². The second-order valence-electron chi connectivity index (χ2n) is 4.66. The molecule has 2 N–H and O–H groups in total. The van der Waals surface area contributed by atoms with Gasteiger partial charge in [-0.25, -0.2) is 4.79 Å². The highest BCUT2D eigenvalue weighted by atomic mass is 35.5. The van der Waals surface area contributed by atoms with Gasteiger partial charge in [-0.1, -0.05) is 11.6 Å². The monoisotopic (exact) mass is 328 g/mol. The number of thiocarbonyl (C=S) groups is 1. The fourth-order valence-electron chi connectivity index (χ4n) is 2.06. The first-order chi connectivity index (χ1) is 10.1. The summed E-state index contributed by atoms with van der Waals surface area (Å²) in [4.78, 5) is 11.6. The second-order valence-corrected chi connectivity index (χ2v) is 5.47. The molecule has 0 spiro atoms. The Labute approximate surface area is 133 Å². The van der Waals surface area contributed by atoms with Crippen molar-refractivity contribution in [1.29, 1.82) is 0 Å². The molecule has 0 amide bonds. The number of esters is 1. The smallest absolute Gasteiger partial charge is 0.339 e. The normalized spacial score (nSPS) is 17.3. The Bertz CT molecular complexity index is 533. The predicted octanol–water partition coefficient (Wildman–Crippen LogP) is 2.59. The fourth-order valence-corrected chi connectivity index (χ4v) is 2.45. The molecule has 0 unspecified atom stereocenters. The quantitative estimate of drug-likeness (QED) is 0.654. The molecule has 1 saturated heterocycles. The molecule has 0 aromatic heterocycles. The summed E-state index contributed by atoms with van der Waals surface area (Å²) in [5, 5.41) is 6.92. The van der Waals surface area contributed by atoms with Crippen LogP contribution in [-0.2, 0) is 9.47 Å². The van der Waals surface area contributed by atoms with Gasteiger partial charge < -0.3 is 20.1 Å². The molecular weight excluding hydrogens is 312 g/mol. The third-order valence-electron chi connectivity index (χ3n) is 3.14. The van der Waals surface area contributed by atoms with Gasteiger partial charge in [0.25, 0.3) is 0 Å². The van der Waals surface area contributed by atoms with Crippen molar-refractivity contribution in [2.75, 3.05) is 25.6 Å². The number of benzene rings is 1. The summed E-state index contributed by atoms with van der Waals surface area (Å²) in [7, 11) is 1.31. The molecule has 1 heterocycles. The Morgan fingerprint density at radius 1 is 1.57 bits per heavy atom. The van der Waals surface area contributed by atoms with E-state index < -0.39 is 5.97 Å². The number of carbonyl (C=O) groups is 1. The summed E-state index contributed by atoms with van der Waals surface area (Å²) < 4.78 is 10.2. The van der Waals surface area contributed by atoms with Gasteiger partial charge in [0, 0.05) is 18.8 Å². The van der Waals surface area contributed by atoms with Crippen LogP contribution in [-0.4, -0.2) is 37.4 Å². The third-order valence-corrected chi connectivity index (χ3v) is 3.72. The average molecular weight is 329 g/mol. The number of anilines is 1. The summed E-state index contributed by atoms with van der Waals surface area (Å²) >= 11 is 11.2. The van der Waals surface area contributed by atoms with Crippen molar-refractivity contribution >= 4 is 40.6 Å². The number of methoxy groups -OCH3 is 1. The minimum Gasteiger partial charge on any atom is -0.465 e. The zero-order chi connectivity index (χ0) is 15.2. The lowest BCUT2D eigenvalue weighted by Gasteiger charge is -2.14. The number of hydrogen-bond acceptors (Lipinski definition) is 4. The first-order valence-corrected chi connectivity index (χ1v) is 7.43. The minimum atomic E-state index is -0.484. The van der Waals surface area contributed by atoms with Gasteiger partial charge >= 0.3 is 5.97 Å². The van der Waals surface area contributed by atoms with Gasteiger partial charge in [0.2, 0.25) is 0 Å². The zero-order valence-corrected chi connectivity index (χ0v) is 13.2. The molecule has 0 aliphatic carbocycles. The fraction of sp³-hybridized carbons (Fsp3) is 0.429. The summed E-state index contributed by atoms with van der Waals surface area (Å²) in [6.07, 6.45) is 2.34. The summed E-state index contributed by atoms with van der Waals surface area (Å²) in [6.45, 7) is 1.48. The first kappa shape index (κ1) is 16.0. The standard InChI is InChI=1S/C14H17ClN2O3S/c1-19-13(18)11-7-9(4-5-12(11)15)17-14(21)16-8-10-3-2-6-20-10/h4-5,7,10H,2-3,6,8H2,1H3,(H2,16,17,21)/t10-/m1/s1. The summed E-state index contributed by atoms with van der Waals surface area (Å²) in [5.74, 6) is -0.484. The van der Waals surface area contributed by atoms with E-state index in [2.05, 4.69) is 15.4 Å². The van der Waals surface area contributed by atoms with Gasteiger partial charge in [-0.15, -0.1) is 0 Å². The molecule has 1 aromatic carbocycles. The molecular formula is C14H17ClN2O3S. The Morgan fingerprint density at radius 2 is 2.38 bits per heavy atom. The van der Waals surface area contributed by atoms with Crippen LogP contribution in [0.1, 0.15) is 23.2 Å². The van der Waals surface area contributed by atoms with Crippen molar-refractivity contribution in [2.24, 2.45) is 0 Å². The highest BCUT2D eigenvalue weighted by Crippen LogP contribution is 2.21. The lowest BCUT2D eigenvalue weighted by molar-refractivity contribution is 0.0601. The lowest BCUT2D eigenvalue weighted by Crippen LogP contribution is -2.34. The number of carbonyl (C=O) groups excluding carboxylic acids is 1. The predicted molar refractivity (Wildman–Crippen MR) is 86.0 cm³/mol. The Morgan fingerprint density at radius 3 is 3.05 bits per heavy atom. The summed E-state index contributed by atoms with van der Waals surface area (Å²) in [5.41, 5.74) is 0.968. The van der Waals surface area contributed by atoms with Crippen LogP contribution in [0, 0.1) is 0 Å². The average Bonchev–Trinajstić information content (AvgIpc) is 2.99. The van der Waals surface area contributed by atoms with E-state index in [4.69, 9.17) is 28.6 Å². The van der Waals surface area contributed by atoms with E-state index in [1.54, 1.807) is 18.2 Å². The maximum absolute atomic E-state index is 11.6. The van der Waals surface area contributed by atoms with Gasteiger partial charge in [-0.3, -0.25) is 0 Å². The molecule has 0 bridgehead atoms. The van der Waals surface area contributed by atoms with Crippen molar-refractivity contribution in [3.63, 3.8) is 0 Å². The minimum absolute atomic E-state index is 0.209. The third kappa shape index (κ3) is 4.56. The van der Waals surface area contributed by atoms with Gasteiger partial charge in [0.05, 0.1) is 23.8 Å². The van der Waals surface area contributed by atoms with E-state index >= 15 is 0 Å². The van der Waals surface area contributed by atoms with E-state index in [0.29, 0.717) is 27.9 Å². The molecule has 1 fully saturated rings. The van der Waals surface area contributed by atoms with Gasteiger partial charge in [-0.05, 0) is 43.3 Å². The molecule has 2 rings (SSSR count). The first-order valence-electron chi connectivity index (χ1n) is 6.64. The van der Waals surface area contributed by atoms with Gasteiger partial charge in [-0.2, -0.15) is 0 Å². The van der Waals surface area contributed by atoms with Crippen molar-refractivity contribution in [3.05, 3.63) is 28.8 Å². The number of hydrogen-bond donors (Lipinski definition) is 2. The highest BCUT2D eigenvalue weighted by Gasteiger charge is 2.16. The lowest BCUT2D eigenvalue weighted by atomic mass is 10.2. The molecule has 1 aliphatic heterocycles. The topological polar surface area (TPSA) is 59.6 Å². The molecule has 0 radical (unpaired) electrons. The molecule has 21 heavy (non-hydrogen) atoms. The second kappa shape index (κ2) is 7.59. The van der Waals surface area contributed by atoms with Crippen molar-refractivity contribution in [2.45, 2.75) is 18.9 Å². The van der Waals surface area contributed by atoms with Crippen LogP contribution >= 0.6 is 23.8 Å². The SMILES string of the molecule is COC(=O)c1cc(NC(=S)NC[C@H]2CCCO2)ccc1Cl. The zero-order valence-electron chi connectivity index (χ0n) is 11.6. The molecule has 114 valence electrons. The van der Waals surface area contributed by atoms with Crippen LogP contribution in [0.25, 0.3) is 0 Å². The number of nitrogens with one attached hydrogen (secondary N) is 2. The van der Waals surface area contributed by atoms with E-state index in [0.717, 1.165) is 19.4 Å². The molecule has 1 aliphatic rings. The number of halogens is 1. The maximum Gasteiger partial charge on any atom is 0.339 e. The van der Waals surface area contributed by atoms with Gasteiger partial charge in [0.1, 0.15) is 0 Å². The molecule has 0 saturated carbocycles. The largest absolute Gasteiger partial charge is 0.465 e. The van der Waals surface area contributed by atoms with Crippen molar-refractivity contribution in [3.8, 4) is 0 Å². The van der Waals surface area contributed by atoms with Crippen molar-refractivity contribution < 1.29 is 14.3 Å². The van der Waals surface area contributed by atoms with Crippen molar-refractivity contribution in [1.82, 2.24) is 5.32 Å². The van der Waals surface area contributed by atoms with E-state index in [1.807, 2.05) is 0 Å². The molecule has 1 aromatic rings. The van der Waals surface area contributed by atoms with E-state index in [1.165, 1.54) is 7.11 Å². The highest BCUT2D eigenvalue weighted by molar-refractivity contribution is 7.80. The maximum atomic E-state index is 11.6. The van der Waals surface area contributed by atoms with E-state index in [-0.39, 0.29) is 6.10 Å². The van der Waals surface area contributed by atoms with Gasteiger partial charge in [0.15, 0.2) is 5.11 Å².